The average Bonchev–Trinajstić information content (AvgIpc) is 3.33. The predicted molar refractivity (Wildman–Crippen MR) is 88.9 cm³/mol. The molecule has 0 bridgehead atoms. The molecule has 0 atom stereocenters. The van der Waals surface area contributed by atoms with E-state index in [4.69, 9.17) is 26.2 Å². The molecule has 24 heavy (non-hydrogen) atoms. The molecule has 1 fully saturated rings. The van der Waals surface area contributed by atoms with Crippen LogP contribution in [0.25, 0.3) is 11.4 Å². The van der Waals surface area contributed by atoms with Gasteiger partial charge in [-0.3, -0.25) is 0 Å². The molecule has 6 nitrogen and oxygen atoms in total. The number of hydrogen-bond donors (Lipinski definition) is 1. The Labute approximate surface area is 144 Å². The van der Waals surface area contributed by atoms with Gasteiger partial charge in [0, 0.05) is 16.5 Å². The summed E-state index contributed by atoms with van der Waals surface area (Å²) >= 11 is 5.92. The van der Waals surface area contributed by atoms with Gasteiger partial charge in [-0.2, -0.15) is 4.98 Å². The van der Waals surface area contributed by atoms with Crippen LogP contribution >= 0.6 is 11.6 Å². The van der Waals surface area contributed by atoms with Gasteiger partial charge in [0.25, 0.3) is 5.88 Å². The van der Waals surface area contributed by atoms with Crippen molar-refractivity contribution in [2.24, 2.45) is 0 Å². The van der Waals surface area contributed by atoms with E-state index in [1.807, 2.05) is 26.0 Å². The lowest BCUT2D eigenvalue weighted by Gasteiger charge is -2.16. The maximum Gasteiger partial charge on any atom is 0.511 e. The van der Waals surface area contributed by atoms with Crippen molar-refractivity contribution in [1.29, 1.82) is 0 Å². The second-order valence-electron chi connectivity index (χ2n) is 5.88. The van der Waals surface area contributed by atoms with Gasteiger partial charge in [-0.1, -0.05) is 11.6 Å². The molecule has 0 saturated heterocycles. The Morgan fingerprint density at radius 2 is 1.92 bits per heavy atom. The smallest absolute Gasteiger partial charge is 0.472 e. The molecular weight excluding hydrogens is 332 g/mol. The largest absolute Gasteiger partial charge is 0.511 e. The monoisotopic (exact) mass is 348 g/mol. The highest BCUT2D eigenvalue weighted by atomic mass is 35.5. The van der Waals surface area contributed by atoms with E-state index < -0.39 is 6.16 Å². The highest BCUT2D eigenvalue weighted by Crippen LogP contribution is 2.46. The summed E-state index contributed by atoms with van der Waals surface area (Å²) in [5, 5.41) is 9.64. The van der Waals surface area contributed by atoms with Crippen LogP contribution in [0.1, 0.15) is 38.3 Å². The van der Waals surface area contributed by atoms with E-state index in [0.29, 0.717) is 16.5 Å². The van der Waals surface area contributed by atoms with Crippen LogP contribution in [0.5, 0.6) is 11.6 Å². The third kappa shape index (κ3) is 3.76. The Bertz CT molecular complexity index is 758. The minimum atomic E-state index is -1.41. The third-order valence-corrected chi connectivity index (χ3v) is 3.72. The van der Waals surface area contributed by atoms with Gasteiger partial charge in [0.2, 0.25) is 5.75 Å². The van der Waals surface area contributed by atoms with Gasteiger partial charge in [0.1, 0.15) is 0 Å². The molecule has 126 valence electrons. The lowest BCUT2D eigenvalue weighted by Crippen LogP contribution is -2.14. The Balaban J connectivity index is 2.12. The molecule has 0 aliphatic heterocycles. The highest BCUT2D eigenvalue weighted by Gasteiger charge is 2.33. The number of halogens is 1. The zero-order valence-electron chi connectivity index (χ0n) is 13.3. The lowest BCUT2D eigenvalue weighted by molar-refractivity contribution is 0.138. The number of aromatic nitrogens is 2. The quantitative estimate of drug-likeness (QED) is 0.800. The molecule has 1 aliphatic rings. The number of carboxylic acid groups (broad SMARTS) is 1. The van der Waals surface area contributed by atoms with Crippen LogP contribution in [0.4, 0.5) is 4.79 Å². The van der Waals surface area contributed by atoms with Gasteiger partial charge >= 0.3 is 6.16 Å². The summed E-state index contributed by atoms with van der Waals surface area (Å²) in [6.45, 7) is 3.68. The molecule has 0 spiro atoms. The molecule has 1 aliphatic carbocycles. The third-order valence-electron chi connectivity index (χ3n) is 3.46. The second kappa shape index (κ2) is 6.65. The molecule has 1 aromatic heterocycles. The van der Waals surface area contributed by atoms with Crippen molar-refractivity contribution in [1.82, 2.24) is 9.97 Å². The Morgan fingerprint density at radius 1 is 1.25 bits per heavy atom. The first-order valence-corrected chi connectivity index (χ1v) is 8.07. The topological polar surface area (TPSA) is 81.5 Å². The van der Waals surface area contributed by atoms with E-state index in [1.165, 1.54) is 0 Å². The number of rotatable bonds is 5. The molecule has 0 amide bonds. The Kier molecular flexibility index (Phi) is 4.57. The fourth-order valence-corrected chi connectivity index (χ4v) is 2.42. The zero-order chi connectivity index (χ0) is 17.3. The van der Waals surface area contributed by atoms with Gasteiger partial charge in [-0.15, -0.1) is 0 Å². The fourth-order valence-electron chi connectivity index (χ4n) is 2.29. The standard InChI is InChI=1S/C17H17ClN2O4/c1-9(2)23-16-14(24-17(21)22)13(10-3-4-10)19-15(20-16)11-5-7-12(18)8-6-11/h5-10H,3-4H2,1-2H3,(H,21,22). The first-order chi connectivity index (χ1) is 11.4. The van der Waals surface area contributed by atoms with E-state index in [1.54, 1.807) is 12.1 Å². The molecule has 3 rings (SSSR count). The summed E-state index contributed by atoms with van der Waals surface area (Å²) in [4.78, 5) is 20.0. The van der Waals surface area contributed by atoms with E-state index in [0.717, 1.165) is 18.4 Å². The van der Waals surface area contributed by atoms with Crippen LogP contribution in [-0.2, 0) is 0 Å². The summed E-state index contributed by atoms with van der Waals surface area (Å²) in [7, 11) is 0. The normalized spacial score (nSPS) is 13.8. The van der Waals surface area contributed by atoms with Crippen molar-refractivity contribution in [3.63, 3.8) is 0 Å². The summed E-state index contributed by atoms with van der Waals surface area (Å²) in [5.74, 6) is 0.871. The SMILES string of the molecule is CC(C)Oc1nc(-c2ccc(Cl)cc2)nc(C2CC2)c1OC(=O)O. The molecule has 2 aromatic rings. The summed E-state index contributed by atoms with van der Waals surface area (Å²) in [5.41, 5.74) is 1.35. The van der Waals surface area contributed by atoms with Crippen molar-refractivity contribution < 1.29 is 19.4 Å². The first-order valence-electron chi connectivity index (χ1n) is 7.69. The van der Waals surface area contributed by atoms with E-state index in [2.05, 4.69) is 9.97 Å². The fraction of sp³-hybridized carbons (Fsp3) is 0.353. The van der Waals surface area contributed by atoms with Gasteiger partial charge < -0.3 is 14.6 Å². The van der Waals surface area contributed by atoms with Crippen molar-refractivity contribution in [2.75, 3.05) is 0 Å². The second-order valence-corrected chi connectivity index (χ2v) is 6.32. The average molecular weight is 349 g/mol. The summed E-state index contributed by atoms with van der Waals surface area (Å²) in [6.07, 6.45) is 0.289. The van der Waals surface area contributed by atoms with Crippen LogP contribution in [-0.4, -0.2) is 27.3 Å². The molecule has 0 radical (unpaired) electrons. The van der Waals surface area contributed by atoms with Crippen molar-refractivity contribution in [2.45, 2.75) is 38.7 Å². The van der Waals surface area contributed by atoms with Gasteiger partial charge in [0.05, 0.1) is 11.8 Å². The van der Waals surface area contributed by atoms with Crippen LogP contribution in [0.2, 0.25) is 5.02 Å². The van der Waals surface area contributed by atoms with E-state index in [9.17, 15) is 4.79 Å². The maximum absolute atomic E-state index is 11.0. The van der Waals surface area contributed by atoms with Gasteiger partial charge in [0.15, 0.2) is 5.82 Å². The molecule has 1 aromatic carbocycles. The number of carbonyl (C=O) groups is 1. The first kappa shape index (κ1) is 16.5. The Morgan fingerprint density at radius 3 is 2.46 bits per heavy atom. The van der Waals surface area contributed by atoms with Crippen LogP contribution < -0.4 is 9.47 Å². The molecular formula is C17H17ClN2O4. The molecule has 1 heterocycles. The minimum Gasteiger partial charge on any atom is -0.472 e. The lowest BCUT2D eigenvalue weighted by atomic mass is 10.2. The summed E-state index contributed by atoms with van der Waals surface area (Å²) in [6, 6.07) is 7.12. The van der Waals surface area contributed by atoms with Crippen LogP contribution in [0.15, 0.2) is 24.3 Å². The number of hydrogen-bond acceptors (Lipinski definition) is 5. The predicted octanol–water partition coefficient (Wildman–Crippen LogP) is 4.52. The molecule has 1 N–H and O–H groups in total. The van der Waals surface area contributed by atoms with Gasteiger partial charge in [-0.05, 0) is 51.0 Å². The van der Waals surface area contributed by atoms with Crippen molar-refractivity contribution in [3.05, 3.63) is 35.0 Å². The van der Waals surface area contributed by atoms with Crippen LogP contribution in [0.3, 0.4) is 0 Å². The molecule has 0 unspecified atom stereocenters. The number of benzene rings is 1. The van der Waals surface area contributed by atoms with Crippen molar-refractivity contribution >= 4 is 17.8 Å². The Hall–Kier alpha value is -2.34. The minimum absolute atomic E-state index is 0.0939. The maximum atomic E-state index is 11.0. The highest BCUT2D eigenvalue weighted by molar-refractivity contribution is 6.30. The molecule has 1 saturated carbocycles. The van der Waals surface area contributed by atoms with E-state index in [-0.39, 0.29) is 23.7 Å². The van der Waals surface area contributed by atoms with E-state index >= 15 is 0 Å². The van der Waals surface area contributed by atoms with Crippen LogP contribution in [0, 0.1) is 0 Å². The number of ether oxygens (including phenoxy) is 2. The molecule has 7 heteroatoms. The zero-order valence-corrected chi connectivity index (χ0v) is 14.1. The van der Waals surface area contributed by atoms with Crippen molar-refractivity contribution in [3.8, 4) is 23.0 Å². The number of nitrogens with zero attached hydrogens (tertiary/aromatic N) is 2. The summed E-state index contributed by atoms with van der Waals surface area (Å²) < 4.78 is 10.6. The van der Waals surface area contributed by atoms with Gasteiger partial charge in [-0.25, -0.2) is 9.78 Å².